The van der Waals surface area contributed by atoms with Crippen LogP contribution in [0.1, 0.15) is 92.4 Å². The number of unbranched alkanes of at least 4 members (excludes halogenated alkanes) is 4. The Morgan fingerprint density at radius 1 is 0.652 bits per heavy atom. The van der Waals surface area contributed by atoms with Crippen LogP contribution in [0.5, 0.6) is 0 Å². The molecule has 4 heteroatoms. The quantitative estimate of drug-likeness (QED) is 0.351. The van der Waals surface area contributed by atoms with E-state index >= 15 is 0 Å². The van der Waals surface area contributed by atoms with E-state index < -0.39 is 0 Å². The molecule has 1 atom stereocenters. The van der Waals surface area contributed by atoms with E-state index in [0.717, 1.165) is 32.1 Å². The van der Waals surface area contributed by atoms with E-state index in [1.807, 2.05) is 27.7 Å². The maximum Gasteiger partial charge on any atom is 0.306 e. The molecular formula is C19H36O4. The highest BCUT2D eigenvalue weighted by Crippen LogP contribution is 2.17. The molecule has 0 fully saturated rings. The third kappa shape index (κ3) is 15.6. The van der Waals surface area contributed by atoms with Gasteiger partial charge >= 0.3 is 11.9 Å². The molecule has 0 N–H and O–H groups in total. The van der Waals surface area contributed by atoms with E-state index in [2.05, 4.69) is 6.92 Å². The Morgan fingerprint density at radius 3 is 1.70 bits per heavy atom. The molecule has 0 aromatic heterocycles. The minimum atomic E-state index is -0.0832. The summed E-state index contributed by atoms with van der Waals surface area (Å²) < 4.78 is 10.2. The summed E-state index contributed by atoms with van der Waals surface area (Å²) in [4.78, 5) is 22.8. The molecule has 0 amide bonds. The van der Waals surface area contributed by atoms with Crippen molar-refractivity contribution in [2.24, 2.45) is 5.92 Å². The highest BCUT2D eigenvalue weighted by Gasteiger charge is 2.09. The smallest absolute Gasteiger partial charge is 0.306 e. The van der Waals surface area contributed by atoms with Crippen LogP contribution < -0.4 is 0 Å². The molecule has 0 radical (unpaired) electrons. The lowest BCUT2D eigenvalue weighted by Crippen LogP contribution is -2.12. The minimum Gasteiger partial charge on any atom is -0.463 e. The van der Waals surface area contributed by atoms with Gasteiger partial charge in [0.15, 0.2) is 0 Å². The van der Waals surface area contributed by atoms with E-state index in [4.69, 9.17) is 9.47 Å². The van der Waals surface area contributed by atoms with Gasteiger partial charge in [-0.15, -0.1) is 0 Å². The first-order valence-electron chi connectivity index (χ1n) is 9.20. The second-order valence-corrected chi connectivity index (χ2v) is 7.03. The molecule has 1 unspecified atom stereocenters. The van der Waals surface area contributed by atoms with Gasteiger partial charge in [-0.1, -0.05) is 39.0 Å². The van der Waals surface area contributed by atoms with Crippen molar-refractivity contribution in [3.63, 3.8) is 0 Å². The molecule has 0 aliphatic rings. The first-order chi connectivity index (χ1) is 10.8. The number of esters is 2. The first-order valence-corrected chi connectivity index (χ1v) is 9.20. The summed E-state index contributed by atoms with van der Waals surface area (Å²) in [5.74, 6) is 0.401. The molecule has 0 aromatic rings. The van der Waals surface area contributed by atoms with Crippen molar-refractivity contribution < 1.29 is 19.1 Å². The fourth-order valence-corrected chi connectivity index (χ4v) is 2.44. The number of ether oxygens (including phenoxy) is 2. The molecule has 0 aliphatic carbocycles. The van der Waals surface area contributed by atoms with Gasteiger partial charge in [-0.25, -0.2) is 0 Å². The maximum atomic E-state index is 11.5. The average Bonchev–Trinajstić information content (AvgIpc) is 2.42. The summed E-state index contributed by atoms with van der Waals surface area (Å²) in [5.41, 5.74) is 0. The summed E-state index contributed by atoms with van der Waals surface area (Å²) in [6, 6.07) is 0. The average molecular weight is 328 g/mol. The highest BCUT2D eigenvalue weighted by molar-refractivity contribution is 5.69. The number of rotatable bonds is 13. The van der Waals surface area contributed by atoms with E-state index in [1.165, 1.54) is 12.8 Å². The molecule has 23 heavy (non-hydrogen) atoms. The van der Waals surface area contributed by atoms with Crippen molar-refractivity contribution in [3.8, 4) is 0 Å². The Morgan fingerprint density at radius 2 is 1.13 bits per heavy atom. The van der Waals surface area contributed by atoms with Crippen LogP contribution in [0.4, 0.5) is 0 Å². The van der Waals surface area contributed by atoms with Crippen molar-refractivity contribution in [2.75, 3.05) is 0 Å². The predicted molar refractivity (Wildman–Crippen MR) is 93.2 cm³/mol. The van der Waals surface area contributed by atoms with Crippen LogP contribution in [0.2, 0.25) is 0 Å². The van der Waals surface area contributed by atoms with E-state index in [9.17, 15) is 9.59 Å². The van der Waals surface area contributed by atoms with Crippen LogP contribution in [0.3, 0.4) is 0 Å². The normalized spacial score (nSPS) is 12.5. The Labute approximate surface area is 142 Å². The Balaban J connectivity index is 3.43. The summed E-state index contributed by atoms with van der Waals surface area (Å²) in [7, 11) is 0. The molecule has 0 bridgehead atoms. The monoisotopic (exact) mass is 328 g/mol. The van der Waals surface area contributed by atoms with Gasteiger partial charge in [0, 0.05) is 12.8 Å². The molecular weight excluding hydrogens is 292 g/mol. The lowest BCUT2D eigenvalue weighted by molar-refractivity contribution is -0.148. The summed E-state index contributed by atoms with van der Waals surface area (Å²) in [6.45, 7) is 9.71. The first kappa shape index (κ1) is 21.9. The largest absolute Gasteiger partial charge is 0.463 e. The predicted octanol–water partition coefficient (Wildman–Crippen LogP) is 5.04. The lowest BCUT2D eigenvalue weighted by Gasteiger charge is -2.12. The molecule has 0 rings (SSSR count). The van der Waals surface area contributed by atoms with Crippen LogP contribution in [0, 0.1) is 5.92 Å². The van der Waals surface area contributed by atoms with E-state index in [-0.39, 0.29) is 24.1 Å². The zero-order valence-corrected chi connectivity index (χ0v) is 15.7. The van der Waals surface area contributed by atoms with Gasteiger partial charge in [-0.2, -0.15) is 0 Å². The zero-order chi connectivity index (χ0) is 17.7. The molecule has 0 spiro atoms. The maximum absolute atomic E-state index is 11.5. The Bertz CT molecular complexity index is 323. The molecule has 0 heterocycles. The van der Waals surface area contributed by atoms with E-state index in [1.54, 1.807) is 0 Å². The van der Waals surface area contributed by atoms with Gasteiger partial charge in [-0.05, 0) is 46.5 Å². The fourth-order valence-electron chi connectivity index (χ4n) is 2.44. The third-order valence-electron chi connectivity index (χ3n) is 3.65. The van der Waals surface area contributed by atoms with Gasteiger partial charge < -0.3 is 9.47 Å². The second kappa shape index (κ2) is 13.4. The Kier molecular flexibility index (Phi) is 12.8. The highest BCUT2D eigenvalue weighted by atomic mass is 16.5. The SMILES string of the molecule is CC(CCCCCCCC(=O)OC(C)C)CCC(=O)OC(C)C. The van der Waals surface area contributed by atoms with Gasteiger partial charge in [0.05, 0.1) is 12.2 Å². The van der Waals surface area contributed by atoms with E-state index in [0.29, 0.717) is 18.8 Å². The third-order valence-corrected chi connectivity index (χ3v) is 3.65. The number of hydrogen-bond donors (Lipinski definition) is 0. The van der Waals surface area contributed by atoms with Crippen molar-refractivity contribution in [3.05, 3.63) is 0 Å². The van der Waals surface area contributed by atoms with Crippen LogP contribution in [-0.2, 0) is 19.1 Å². The number of carbonyl (C=O) groups is 2. The van der Waals surface area contributed by atoms with Crippen LogP contribution in [0.25, 0.3) is 0 Å². The van der Waals surface area contributed by atoms with Crippen molar-refractivity contribution in [2.45, 2.75) is 105 Å². The summed E-state index contributed by atoms with van der Waals surface area (Å²) in [6.07, 6.45) is 8.65. The standard InChI is InChI=1S/C19H36O4/c1-15(2)22-18(20)12-10-8-6-7-9-11-17(5)13-14-19(21)23-16(3)4/h15-17H,6-14H2,1-5H3. The topological polar surface area (TPSA) is 52.6 Å². The van der Waals surface area contributed by atoms with Crippen molar-refractivity contribution >= 4 is 11.9 Å². The molecule has 0 saturated carbocycles. The molecule has 0 saturated heterocycles. The summed E-state index contributed by atoms with van der Waals surface area (Å²) >= 11 is 0. The van der Waals surface area contributed by atoms with Crippen LogP contribution >= 0.6 is 0 Å². The van der Waals surface area contributed by atoms with Crippen LogP contribution in [-0.4, -0.2) is 24.1 Å². The Hall–Kier alpha value is -1.06. The lowest BCUT2D eigenvalue weighted by atomic mass is 9.97. The van der Waals surface area contributed by atoms with Crippen molar-refractivity contribution in [1.82, 2.24) is 0 Å². The zero-order valence-electron chi connectivity index (χ0n) is 15.7. The van der Waals surface area contributed by atoms with Crippen molar-refractivity contribution in [1.29, 1.82) is 0 Å². The fraction of sp³-hybridized carbons (Fsp3) is 0.895. The number of hydrogen-bond acceptors (Lipinski definition) is 4. The molecule has 4 nitrogen and oxygen atoms in total. The molecule has 0 aromatic carbocycles. The summed E-state index contributed by atoms with van der Waals surface area (Å²) in [5, 5.41) is 0. The van der Waals surface area contributed by atoms with Gasteiger partial charge in [0.2, 0.25) is 0 Å². The minimum absolute atomic E-state index is 0.0122. The van der Waals surface area contributed by atoms with Gasteiger partial charge in [-0.3, -0.25) is 9.59 Å². The molecule has 136 valence electrons. The van der Waals surface area contributed by atoms with Crippen LogP contribution in [0.15, 0.2) is 0 Å². The second-order valence-electron chi connectivity index (χ2n) is 7.03. The van der Waals surface area contributed by atoms with Gasteiger partial charge in [0.1, 0.15) is 0 Å². The number of carbonyl (C=O) groups excluding carboxylic acids is 2. The molecule has 0 aliphatic heterocycles. The van der Waals surface area contributed by atoms with Gasteiger partial charge in [0.25, 0.3) is 0 Å².